The molecule has 0 spiro atoms. The van der Waals surface area contributed by atoms with E-state index in [0.717, 1.165) is 0 Å². The first-order chi connectivity index (χ1) is 10.0. The number of nitro groups is 1. The van der Waals surface area contributed by atoms with Crippen molar-refractivity contribution in [2.45, 2.75) is 6.61 Å². The van der Waals surface area contributed by atoms with Crippen molar-refractivity contribution in [3.8, 4) is 11.5 Å². The number of methoxy groups -OCH3 is 1. The van der Waals surface area contributed by atoms with Gasteiger partial charge in [-0.25, -0.2) is 4.79 Å². The molecule has 1 heterocycles. The predicted octanol–water partition coefficient (Wildman–Crippen LogP) is 1.87. The number of ether oxygens (including phenoxy) is 2. The Morgan fingerprint density at radius 2 is 2.24 bits per heavy atom. The van der Waals surface area contributed by atoms with Gasteiger partial charge in [0.1, 0.15) is 12.4 Å². The van der Waals surface area contributed by atoms with E-state index in [1.807, 2.05) is 0 Å². The number of aromatic nitrogens is 1. The highest BCUT2D eigenvalue weighted by Gasteiger charge is 2.18. The number of nitrogens with zero attached hydrogens (tertiary/aromatic N) is 2. The van der Waals surface area contributed by atoms with Gasteiger partial charge in [0.05, 0.1) is 18.1 Å². The van der Waals surface area contributed by atoms with Crippen LogP contribution < -0.4 is 9.47 Å². The van der Waals surface area contributed by atoms with Gasteiger partial charge in [-0.3, -0.25) is 10.1 Å². The number of rotatable bonds is 6. The minimum Gasteiger partial charge on any atom is -0.496 e. The lowest BCUT2D eigenvalue weighted by Gasteiger charge is -2.06. The van der Waals surface area contributed by atoms with Gasteiger partial charge in [0, 0.05) is 6.07 Å². The monoisotopic (exact) mass is 294 g/mol. The number of carbonyl (C=O) groups is 1. The Balaban J connectivity index is 2.15. The zero-order valence-corrected chi connectivity index (χ0v) is 10.8. The molecular formula is C12H10N2O7. The maximum absolute atomic E-state index is 11.0. The van der Waals surface area contributed by atoms with E-state index in [1.54, 1.807) is 0 Å². The van der Waals surface area contributed by atoms with Gasteiger partial charge in [-0.2, -0.15) is 0 Å². The van der Waals surface area contributed by atoms with Crippen LogP contribution in [0.1, 0.15) is 16.2 Å². The lowest BCUT2D eigenvalue weighted by molar-refractivity contribution is -0.386. The summed E-state index contributed by atoms with van der Waals surface area (Å²) in [4.78, 5) is 21.0. The molecule has 1 N–H and O–H groups in total. The number of aromatic carboxylic acids is 1. The minimum atomic E-state index is -1.24. The number of carboxylic acid groups (broad SMARTS) is 1. The second kappa shape index (κ2) is 5.90. The van der Waals surface area contributed by atoms with Crippen LogP contribution in [0.5, 0.6) is 11.5 Å². The summed E-state index contributed by atoms with van der Waals surface area (Å²) in [7, 11) is 1.39. The molecule has 0 unspecified atom stereocenters. The molecule has 0 fully saturated rings. The molecule has 21 heavy (non-hydrogen) atoms. The van der Waals surface area contributed by atoms with Crippen LogP contribution in [0.2, 0.25) is 0 Å². The zero-order valence-electron chi connectivity index (χ0n) is 10.8. The average molecular weight is 294 g/mol. The van der Waals surface area contributed by atoms with E-state index in [1.165, 1.54) is 31.4 Å². The van der Waals surface area contributed by atoms with Gasteiger partial charge in [0.2, 0.25) is 0 Å². The fraction of sp³-hybridized carbons (Fsp3) is 0.167. The van der Waals surface area contributed by atoms with Gasteiger partial charge in [-0.1, -0.05) is 5.16 Å². The van der Waals surface area contributed by atoms with Crippen LogP contribution in [-0.2, 0) is 6.61 Å². The van der Waals surface area contributed by atoms with E-state index >= 15 is 0 Å². The predicted molar refractivity (Wildman–Crippen MR) is 67.4 cm³/mol. The molecule has 0 aliphatic carbocycles. The average Bonchev–Trinajstić information content (AvgIpc) is 2.94. The standard InChI is InChI=1S/C12H10N2O7/c1-19-7-2-3-11(10(5-7)14(17)18)20-6-8-4-9(12(15)16)13-21-8/h2-5H,6H2,1H3,(H,15,16). The van der Waals surface area contributed by atoms with Gasteiger partial charge in [-0.15, -0.1) is 0 Å². The van der Waals surface area contributed by atoms with Crippen LogP contribution in [0.25, 0.3) is 0 Å². The Morgan fingerprint density at radius 1 is 1.48 bits per heavy atom. The second-order valence-electron chi connectivity index (χ2n) is 3.86. The molecule has 0 amide bonds. The highest BCUT2D eigenvalue weighted by Crippen LogP contribution is 2.31. The summed E-state index contributed by atoms with van der Waals surface area (Å²) < 4.78 is 14.9. The largest absolute Gasteiger partial charge is 0.496 e. The van der Waals surface area contributed by atoms with Crippen molar-refractivity contribution < 1.29 is 28.8 Å². The van der Waals surface area contributed by atoms with E-state index in [9.17, 15) is 14.9 Å². The van der Waals surface area contributed by atoms with Crippen LogP contribution in [0.4, 0.5) is 5.69 Å². The van der Waals surface area contributed by atoms with E-state index < -0.39 is 10.9 Å². The van der Waals surface area contributed by atoms with Crippen molar-refractivity contribution in [1.29, 1.82) is 0 Å². The summed E-state index contributed by atoms with van der Waals surface area (Å²) in [5.74, 6) is -0.770. The Morgan fingerprint density at radius 3 is 2.81 bits per heavy atom. The molecule has 0 saturated heterocycles. The Bertz CT molecular complexity index is 680. The van der Waals surface area contributed by atoms with Crippen molar-refractivity contribution in [3.63, 3.8) is 0 Å². The molecule has 110 valence electrons. The highest BCUT2D eigenvalue weighted by atomic mass is 16.6. The van der Waals surface area contributed by atoms with Gasteiger partial charge in [-0.05, 0) is 12.1 Å². The van der Waals surface area contributed by atoms with Crippen LogP contribution in [0.15, 0.2) is 28.8 Å². The summed E-state index contributed by atoms with van der Waals surface area (Å²) in [6.45, 7) is -0.187. The third-order valence-electron chi connectivity index (χ3n) is 2.51. The van der Waals surface area contributed by atoms with E-state index in [0.29, 0.717) is 5.75 Å². The molecule has 2 aromatic rings. The maximum Gasteiger partial charge on any atom is 0.358 e. The van der Waals surface area contributed by atoms with Gasteiger partial charge >= 0.3 is 11.7 Å². The first kappa shape index (κ1) is 14.3. The second-order valence-corrected chi connectivity index (χ2v) is 3.86. The molecule has 1 aromatic carbocycles. The van der Waals surface area contributed by atoms with E-state index in [2.05, 4.69) is 5.16 Å². The molecule has 0 bridgehead atoms. The number of carboxylic acids is 1. The molecule has 9 heteroatoms. The van der Waals surface area contributed by atoms with Gasteiger partial charge < -0.3 is 19.1 Å². The van der Waals surface area contributed by atoms with Crippen LogP contribution in [0, 0.1) is 10.1 Å². The smallest absolute Gasteiger partial charge is 0.358 e. The number of nitro benzene ring substituents is 1. The Hall–Kier alpha value is -3.10. The van der Waals surface area contributed by atoms with Gasteiger partial charge in [0.25, 0.3) is 0 Å². The first-order valence-electron chi connectivity index (χ1n) is 5.65. The van der Waals surface area contributed by atoms with Crippen LogP contribution in [-0.4, -0.2) is 28.3 Å². The number of hydrogen-bond donors (Lipinski definition) is 1. The topological polar surface area (TPSA) is 125 Å². The minimum absolute atomic E-state index is 0.00840. The quantitative estimate of drug-likeness (QED) is 0.632. The molecule has 1 aromatic heterocycles. The summed E-state index contributed by atoms with van der Waals surface area (Å²) in [5.41, 5.74) is -0.537. The molecule has 2 rings (SSSR count). The van der Waals surface area contributed by atoms with Crippen LogP contribution >= 0.6 is 0 Å². The number of hydrogen-bond acceptors (Lipinski definition) is 7. The summed E-state index contributed by atoms with van der Waals surface area (Å²) >= 11 is 0. The number of benzene rings is 1. The first-order valence-corrected chi connectivity index (χ1v) is 5.65. The Kier molecular flexibility index (Phi) is 4.02. The molecule has 9 nitrogen and oxygen atoms in total. The molecule has 0 atom stereocenters. The zero-order chi connectivity index (χ0) is 15.4. The molecule has 0 aliphatic heterocycles. The van der Waals surface area contributed by atoms with Crippen molar-refractivity contribution in [1.82, 2.24) is 5.16 Å². The Labute approximate surface area is 117 Å². The fourth-order valence-electron chi connectivity index (χ4n) is 1.52. The molecule has 0 radical (unpaired) electrons. The van der Waals surface area contributed by atoms with Crippen LogP contribution in [0.3, 0.4) is 0 Å². The molecular weight excluding hydrogens is 284 g/mol. The summed E-state index contributed by atoms with van der Waals surface area (Å²) in [6, 6.07) is 5.28. The van der Waals surface area contributed by atoms with E-state index in [4.69, 9.17) is 19.1 Å². The van der Waals surface area contributed by atoms with Crippen molar-refractivity contribution in [2.24, 2.45) is 0 Å². The third-order valence-corrected chi connectivity index (χ3v) is 2.51. The fourth-order valence-corrected chi connectivity index (χ4v) is 1.52. The SMILES string of the molecule is COc1ccc(OCc2cc(C(=O)O)no2)c([N+](=O)[O-])c1. The highest BCUT2D eigenvalue weighted by molar-refractivity contribution is 5.85. The lowest BCUT2D eigenvalue weighted by Crippen LogP contribution is -1.99. The normalized spacial score (nSPS) is 10.1. The summed E-state index contributed by atoms with van der Waals surface area (Å²) in [6.07, 6.45) is 0. The van der Waals surface area contributed by atoms with E-state index in [-0.39, 0.29) is 29.5 Å². The molecule has 0 aliphatic rings. The van der Waals surface area contributed by atoms with Gasteiger partial charge in [0.15, 0.2) is 17.2 Å². The van der Waals surface area contributed by atoms with Crippen molar-refractivity contribution in [3.05, 3.63) is 45.8 Å². The van der Waals surface area contributed by atoms with Crippen molar-refractivity contribution >= 4 is 11.7 Å². The lowest BCUT2D eigenvalue weighted by atomic mass is 10.3. The maximum atomic E-state index is 11.0. The van der Waals surface area contributed by atoms with Crippen molar-refractivity contribution in [2.75, 3.05) is 7.11 Å². The molecule has 0 saturated carbocycles. The summed E-state index contributed by atoms with van der Waals surface area (Å²) in [5, 5.41) is 22.9. The third kappa shape index (κ3) is 3.26.